The van der Waals surface area contributed by atoms with E-state index in [-0.39, 0.29) is 0 Å². The normalized spacial score (nSPS) is 15.4. The van der Waals surface area contributed by atoms with Crippen molar-refractivity contribution in [2.45, 2.75) is 18.8 Å². The number of halogens is 2. The highest BCUT2D eigenvalue weighted by atomic mass is 35.5. The van der Waals surface area contributed by atoms with E-state index in [9.17, 15) is 0 Å². The van der Waals surface area contributed by atoms with E-state index in [2.05, 4.69) is 15.3 Å². The first kappa shape index (κ1) is 10.1. The molecular weight excluding hydrogens is 247 g/mol. The third kappa shape index (κ3) is 1.79. The van der Waals surface area contributed by atoms with Gasteiger partial charge in [-0.25, -0.2) is 4.68 Å². The molecule has 1 aliphatic rings. The third-order valence-corrected chi connectivity index (χ3v) is 2.99. The standard InChI is InChI=1S/C10H8Cl2N4/c11-8-3-4-10(14-13-8)16-9(12)5-7(15-16)6-1-2-6/h3-6H,1-2H2. The predicted molar refractivity (Wildman–Crippen MR) is 61.1 cm³/mol. The van der Waals surface area contributed by atoms with Crippen LogP contribution in [0.15, 0.2) is 18.2 Å². The molecule has 0 N–H and O–H groups in total. The minimum Gasteiger partial charge on any atom is -0.202 e. The fourth-order valence-corrected chi connectivity index (χ4v) is 1.87. The van der Waals surface area contributed by atoms with Crippen molar-refractivity contribution >= 4 is 23.2 Å². The van der Waals surface area contributed by atoms with Gasteiger partial charge in [0.15, 0.2) is 11.0 Å². The van der Waals surface area contributed by atoms with Crippen LogP contribution in [0.4, 0.5) is 0 Å². The van der Waals surface area contributed by atoms with Crippen molar-refractivity contribution in [3.63, 3.8) is 0 Å². The zero-order valence-corrected chi connectivity index (χ0v) is 9.78. The molecule has 1 fully saturated rings. The van der Waals surface area contributed by atoms with E-state index >= 15 is 0 Å². The molecule has 0 bridgehead atoms. The highest BCUT2D eigenvalue weighted by molar-refractivity contribution is 6.30. The summed E-state index contributed by atoms with van der Waals surface area (Å²) in [6, 6.07) is 5.29. The molecule has 2 heterocycles. The Bertz CT molecular complexity index is 516. The molecule has 16 heavy (non-hydrogen) atoms. The first-order valence-electron chi connectivity index (χ1n) is 4.99. The van der Waals surface area contributed by atoms with Crippen LogP contribution in [0.5, 0.6) is 0 Å². The monoisotopic (exact) mass is 254 g/mol. The van der Waals surface area contributed by atoms with Crippen molar-refractivity contribution in [3.8, 4) is 5.82 Å². The van der Waals surface area contributed by atoms with Gasteiger partial charge in [-0.2, -0.15) is 5.10 Å². The van der Waals surface area contributed by atoms with E-state index in [0.29, 0.717) is 22.0 Å². The maximum absolute atomic E-state index is 6.09. The van der Waals surface area contributed by atoms with E-state index in [1.807, 2.05) is 6.07 Å². The van der Waals surface area contributed by atoms with Gasteiger partial charge in [-0.05, 0) is 31.0 Å². The fraction of sp³-hybridized carbons (Fsp3) is 0.300. The van der Waals surface area contributed by atoms with Crippen molar-refractivity contribution in [3.05, 3.63) is 34.2 Å². The summed E-state index contributed by atoms with van der Waals surface area (Å²) in [4.78, 5) is 0. The number of hydrogen-bond donors (Lipinski definition) is 0. The van der Waals surface area contributed by atoms with Gasteiger partial charge >= 0.3 is 0 Å². The second-order valence-electron chi connectivity index (χ2n) is 3.79. The number of rotatable bonds is 2. The van der Waals surface area contributed by atoms with Crippen molar-refractivity contribution < 1.29 is 0 Å². The van der Waals surface area contributed by atoms with Gasteiger partial charge in [-0.3, -0.25) is 0 Å². The van der Waals surface area contributed by atoms with Crippen LogP contribution in [-0.4, -0.2) is 20.0 Å². The highest BCUT2D eigenvalue weighted by Gasteiger charge is 2.27. The minimum absolute atomic E-state index is 0.356. The lowest BCUT2D eigenvalue weighted by atomic mass is 10.3. The Morgan fingerprint density at radius 3 is 2.62 bits per heavy atom. The Labute approximate surface area is 102 Å². The molecule has 0 radical (unpaired) electrons. The van der Waals surface area contributed by atoms with Gasteiger partial charge in [0.2, 0.25) is 0 Å². The molecule has 0 amide bonds. The molecule has 0 aromatic carbocycles. The van der Waals surface area contributed by atoms with Crippen molar-refractivity contribution in [2.75, 3.05) is 0 Å². The summed E-state index contributed by atoms with van der Waals surface area (Å²) in [5.41, 5.74) is 1.03. The zero-order chi connectivity index (χ0) is 11.1. The molecule has 0 atom stereocenters. The molecule has 0 aliphatic heterocycles. The van der Waals surface area contributed by atoms with Crippen LogP contribution in [0.2, 0.25) is 10.3 Å². The average Bonchev–Trinajstić information content (AvgIpc) is 3.04. The van der Waals surface area contributed by atoms with Gasteiger partial charge < -0.3 is 0 Å². The molecule has 1 saturated carbocycles. The second kappa shape index (κ2) is 3.71. The van der Waals surface area contributed by atoms with Gasteiger partial charge in [-0.15, -0.1) is 10.2 Å². The summed E-state index contributed by atoms with van der Waals surface area (Å²) in [6.45, 7) is 0. The van der Waals surface area contributed by atoms with Gasteiger partial charge in [0.25, 0.3) is 0 Å². The first-order chi connectivity index (χ1) is 7.74. The molecule has 3 rings (SSSR count). The Morgan fingerprint density at radius 1 is 1.19 bits per heavy atom. The van der Waals surface area contributed by atoms with Crippen LogP contribution in [0.1, 0.15) is 24.5 Å². The van der Waals surface area contributed by atoms with Crippen LogP contribution in [0, 0.1) is 0 Å². The summed E-state index contributed by atoms with van der Waals surface area (Å²) in [5, 5.41) is 13.0. The summed E-state index contributed by atoms with van der Waals surface area (Å²) in [6.07, 6.45) is 2.39. The highest BCUT2D eigenvalue weighted by Crippen LogP contribution is 2.40. The molecule has 82 valence electrons. The van der Waals surface area contributed by atoms with Crippen LogP contribution in [0.3, 0.4) is 0 Å². The topological polar surface area (TPSA) is 43.6 Å². The van der Waals surface area contributed by atoms with Crippen molar-refractivity contribution in [1.29, 1.82) is 0 Å². The Balaban J connectivity index is 2.01. The first-order valence-corrected chi connectivity index (χ1v) is 5.75. The summed E-state index contributed by atoms with van der Waals surface area (Å²) in [7, 11) is 0. The fourth-order valence-electron chi connectivity index (χ4n) is 1.54. The van der Waals surface area contributed by atoms with Crippen molar-refractivity contribution in [1.82, 2.24) is 20.0 Å². The molecule has 4 nitrogen and oxygen atoms in total. The lowest BCUT2D eigenvalue weighted by Gasteiger charge is -1.99. The minimum atomic E-state index is 0.356. The van der Waals surface area contributed by atoms with Crippen LogP contribution in [-0.2, 0) is 0 Å². The van der Waals surface area contributed by atoms with Gasteiger partial charge in [-0.1, -0.05) is 23.2 Å². The van der Waals surface area contributed by atoms with E-state index in [1.165, 1.54) is 12.8 Å². The summed E-state index contributed by atoms with van der Waals surface area (Å²) < 4.78 is 1.58. The largest absolute Gasteiger partial charge is 0.202 e. The SMILES string of the molecule is Clc1ccc(-n2nc(C3CC3)cc2Cl)nn1. The molecular formula is C10H8Cl2N4. The van der Waals surface area contributed by atoms with E-state index in [4.69, 9.17) is 23.2 Å². The van der Waals surface area contributed by atoms with Gasteiger partial charge in [0.1, 0.15) is 5.15 Å². The van der Waals surface area contributed by atoms with Crippen LogP contribution >= 0.6 is 23.2 Å². The third-order valence-electron chi connectivity index (χ3n) is 2.52. The lowest BCUT2D eigenvalue weighted by Crippen LogP contribution is -2.01. The molecule has 2 aromatic rings. The van der Waals surface area contributed by atoms with Crippen LogP contribution < -0.4 is 0 Å². The molecule has 1 aliphatic carbocycles. The number of aromatic nitrogens is 4. The molecule has 0 unspecified atom stereocenters. The molecule has 0 saturated heterocycles. The van der Waals surface area contributed by atoms with E-state index < -0.39 is 0 Å². The van der Waals surface area contributed by atoms with E-state index in [0.717, 1.165) is 5.69 Å². The van der Waals surface area contributed by atoms with Crippen LogP contribution in [0.25, 0.3) is 5.82 Å². The maximum Gasteiger partial charge on any atom is 0.177 e. The predicted octanol–water partition coefficient (Wildman–Crippen LogP) is 2.85. The number of nitrogens with zero attached hydrogens (tertiary/aromatic N) is 4. The maximum atomic E-state index is 6.09. The van der Waals surface area contributed by atoms with Gasteiger partial charge in [0, 0.05) is 5.92 Å². The zero-order valence-electron chi connectivity index (χ0n) is 8.27. The smallest absolute Gasteiger partial charge is 0.177 e. The Morgan fingerprint density at radius 2 is 2.00 bits per heavy atom. The molecule has 2 aromatic heterocycles. The van der Waals surface area contributed by atoms with E-state index in [1.54, 1.807) is 16.8 Å². The summed E-state index contributed by atoms with van der Waals surface area (Å²) in [5.74, 6) is 1.15. The molecule has 0 spiro atoms. The molecule has 6 heteroatoms. The second-order valence-corrected chi connectivity index (χ2v) is 4.57. The number of hydrogen-bond acceptors (Lipinski definition) is 3. The van der Waals surface area contributed by atoms with Crippen molar-refractivity contribution in [2.24, 2.45) is 0 Å². The lowest BCUT2D eigenvalue weighted by molar-refractivity contribution is 0.790. The average molecular weight is 255 g/mol. The summed E-state index contributed by atoms with van der Waals surface area (Å²) >= 11 is 11.8. The Hall–Kier alpha value is -1.13. The van der Waals surface area contributed by atoms with Gasteiger partial charge in [0.05, 0.1) is 5.69 Å². The quantitative estimate of drug-likeness (QED) is 0.828. The Kier molecular flexibility index (Phi) is 2.33.